The van der Waals surface area contributed by atoms with Crippen molar-refractivity contribution in [3.05, 3.63) is 24.3 Å². The Bertz CT molecular complexity index is 730. The third kappa shape index (κ3) is 4.42. The van der Waals surface area contributed by atoms with Gasteiger partial charge in [-0.3, -0.25) is 14.6 Å². The molecule has 0 atom stereocenters. The maximum absolute atomic E-state index is 12.6. The van der Waals surface area contributed by atoms with Gasteiger partial charge in [0.1, 0.15) is 0 Å². The first kappa shape index (κ1) is 18.7. The average Bonchev–Trinajstić information content (AvgIpc) is 3.13. The predicted octanol–water partition coefficient (Wildman–Crippen LogP) is 1.97. The van der Waals surface area contributed by atoms with Crippen LogP contribution in [0.15, 0.2) is 24.3 Å². The molecule has 2 aliphatic rings. The number of hydrogen-bond donors (Lipinski definition) is 0. The highest BCUT2D eigenvalue weighted by molar-refractivity contribution is 7.22. The van der Waals surface area contributed by atoms with E-state index in [9.17, 15) is 4.79 Å². The average molecular weight is 388 g/mol. The normalized spacial score (nSPS) is 19.7. The Hall–Kier alpha value is -1.70. The van der Waals surface area contributed by atoms with Crippen LogP contribution in [0.4, 0.5) is 5.13 Å². The van der Waals surface area contributed by atoms with Crippen LogP contribution in [0.25, 0.3) is 10.2 Å². The number of para-hydroxylation sites is 1. The second kappa shape index (κ2) is 8.54. The van der Waals surface area contributed by atoms with E-state index in [1.54, 1.807) is 11.3 Å². The second-order valence-corrected chi connectivity index (χ2v) is 8.46. The summed E-state index contributed by atoms with van der Waals surface area (Å²) in [7, 11) is 0. The maximum atomic E-state index is 12.6. The summed E-state index contributed by atoms with van der Waals surface area (Å²) >= 11 is 1.76. The van der Waals surface area contributed by atoms with E-state index in [4.69, 9.17) is 4.98 Å². The minimum Gasteiger partial charge on any atom is -0.345 e. The number of nitrogens with zero attached hydrogens (tertiary/aromatic N) is 5. The van der Waals surface area contributed by atoms with E-state index in [-0.39, 0.29) is 0 Å². The monoisotopic (exact) mass is 387 g/mol. The molecule has 0 unspecified atom stereocenters. The lowest BCUT2D eigenvalue weighted by Crippen LogP contribution is -2.53. The molecule has 1 aromatic carbocycles. The topological polar surface area (TPSA) is 42.9 Å². The van der Waals surface area contributed by atoms with Crippen molar-refractivity contribution in [3.8, 4) is 0 Å². The van der Waals surface area contributed by atoms with E-state index in [1.807, 2.05) is 11.0 Å². The van der Waals surface area contributed by atoms with Crippen molar-refractivity contribution in [2.24, 2.45) is 0 Å². The van der Waals surface area contributed by atoms with Crippen molar-refractivity contribution in [3.63, 3.8) is 0 Å². The van der Waals surface area contributed by atoms with Gasteiger partial charge in [-0.05, 0) is 25.1 Å². The summed E-state index contributed by atoms with van der Waals surface area (Å²) in [6.07, 6.45) is 1.19. The zero-order valence-corrected chi connectivity index (χ0v) is 17.0. The van der Waals surface area contributed by atoms with Gasteiger partial charge in [-0.15, -0.1) is 0 Å². The van der Waals surface area contributed by atoms with E-state index in [2.05, 4.69) is 39.8 Å². The summed E-state index contributed by atoms with van der Waals surface area (Å²) in [5, 5.41) is 1.11. The fourth-order valence-corrected chi connectivity index (χ4v) is 4.94. The number of rotatable bonds is 5. The Kier molecular flexibility index (Phi) is 5.90. The Labute approximate surface area is 165 Å². The van der Waals surface area contributed by atoms with Crippen molar-refractivity contribution in [2.45, 2.75) is 13.3 Å². The number of amides is 1. The predicted molar refractivity (Wildman–Crippen MR) is 112 cm³/mol. The first-order valence-corrected chi connectivity index (χ1v) is 10.9. The number of benzene rings is 1. The highest BCUT2D eigenvalue weighted by atomic mass is 32.1. The van der Waals surface area contributed by atoms with Gasteiger partial charge in [0.2, 0.25) is 5.91 Å². The van der Waals surface area contributed by atoms with E-state index in [0.717, 1.165) is 69.6 Å². The fraction of sp³-hybridized carbons (Fsp3) is 0.600. The summed E-state index contributed by atoms with van der Waals surface area (Å²) in [5.74, 6) is 0.291. The van der Waals surface area contributed by atoms with Gasteiger partial charge in [0.15, 0.2) is 5.13 Å². The van der Waals surface area contributed by atoms with E-state index < -0.39 is 0 Å². The summed E-state index contributed by atoms with van der Waals surface area (Å²) in [6, 6.07) is 8.31. The first-order valence-electron chi connectivity index (χ1n) is 10.1. The number of thiazole rings is 1. The van der Waals surface area contributed by atoms with Crippen LogP contribution in [0, 0.1) is 0 Å². The third-order valence-electron chi connectivity index (χ3n) is 5.55. The number of piperazine rings is 2. The number of aromatic nitrogens is 1. The maximum Gasteiger partial charge on any atom is 0.236 e. The van der Waals surface area contributed by atoms with Gasteiger partial charge in [0.05, 0.1) is 16.8 Å². The van der Waals surface area contributed by atoms with Crippen LogP contribution >= 0.6 is 11.3 Å². The van der Waals surface area contributed by atoms with Crippen LogP contribution in [0.3, 0.4) is 0 Å². The molecule has 0 N–H and O–H groups in total. The van der Waals surface area contributed by atoms with Crippen molar-refractivity contribution >= 4 is 32.6 Å². The van der Waals surface area contributed by atoms with Crippen molar-refractivity contribution < 1.29 is 4.79 Å². The van der Waals surface area contributed by atoms with Crippen LogP contribution in [0.5, 0.6) is 0 Å². The molecule has 3 heterocycles. The molecule has 1 amide bonds. The standard InChI is InChI=1S/C20H29N5OS/c1-2-7-22-8-12-24(13-9-22)19(26)16-23-10-14-25(15-11-23)20-21-17-5-3-4-6-18(17)27-20/h3-6H,2,7-16H2,1H3. The first-order chi connectivity index (χ1) is 13.2. The number of carbonyl (C=O) groups is 1. The van der Waals surface area contributed by atoms with Gasteiger partial charge >= 0.3 is 0 Å². The fourth-order valence-electron chi connectivity index (χ4n) is 3.92. The third-order valence-corrected chi connectivity index (χ3v) is 6.65. The minimum atomic E-state index is 0.291. The van der Waals surface area contributed by atoms with Crippen molar-refractivity contribution in [1.29, 1.82) is 0 Å². The number of fused-ring (bicyclic) bond motifs is 1. The van der Waals surface area contributed by atoms with Crippen molar-refractivity contribution in [1.82, 2.24) is 19.7 Å². The zero-order valence-electron chi connectivity index (χ0n) is 16.1. The number of hydrogen-bond acceptors (Lipinski definition) is 6. The van der Waals surface area contributed by atoms with Gasteiger partial charge < -0.3 is 9.80 Å². The summed E-state index contributed by atoms with van der Waals surface area (Å²) in [4.78, 5) is 26.6. The minimum absolute atomic E-state index is 0.291. The number of anilines is 1. The molecule has 1 aromatic heterocycles. The van der Waals surface area contributed by atoms with Crippen molar-refractivity contribution in [2.75, 3.05) is 70.3 Å². The second-order valence-electron chi connectivity index (χ2n) is 7.45. The summed E-state index contributed by atoms with van der Waals surface area (Å²) in [6.45, 7) is 11.5. The summed E-state index contributed by atoms with van der Waals surface area (Å²) in [5.41, 5.74) is 1.08. The molecule has 0 radical (unpaired) electrons. The molecule has 146 valence electrons. The van der Waals surface area contributed by atoms with Gasteiger partial charge in [0, 0.05) is 52.4 Å². The Morgan fingerprint density at radius 1 is 1.00 bits per heavy atom. The molecule has 2 aliphatic heterocycles. The van der Waals surface area contributed by atoms with E-state index in [1.165, 1.54) is 11.1 Å². The smallest absolute Gasteiger partial charge is 0.236 e. The SMILES string of the molecule is CCCN1CCN(C(=O)CN2CCN(c3nc4ccccc4s3)CC2)CC1. The molecule has 2 aromatic rings. The number of carbonyl (C=O) groups excluding carboxylic acids is 1. The molecule has 0 bridgehead atoms. The largest absolute Gasteiger partial charge is 0.345 e. The molecule has 27 heavy (non-hydrogen) atoms. The molecule has 2 saturated heterocycles. The lowest BCUT2D eigenvalue weighted by molar-refractivity contribution is -0.134. The highest BCUT2D eigenvalue weighted by Gasteiger charge is 2.25. The molecule has 2 fully saturated rings. The van der Waals surface area contributed by atoms with Gasteiger partial charge in [-0.1, -0.05) is 30.4 Å². The van der Waals surface area contributed by atoms with Crippen LogP contribution in [0.2, 0.25) is 0 Å². The molecular formula is C20H29N5OS. The van der Waals surface area contributed by atoms with E-state index >= 15 is 0 Å². The Balaban J connectivity index is 1.25. The van der Waals surface area contributed by atoms with Gasteiger partial charge in [-0.25, -0.2) is 4.98 Å². The molecule has 0 aliphatic carbocycles. The van der Waals surface area contributed by atoms with Crippen LogP contribution in [0.1, 0.15) is 13.3 Å². The van der Waals surface area contributed by atoms with E-state index in [0.29, 0.717) is 12.5 Å². The molecule has 7 heteroatoms. The molecule has 0 spiro atoms. The molecule has 6 nitrogen and oxygen atoms in total. The quantitative estimate of drug-likeness (QED) is 0.785. The molecule has 0 saturated carbocycles. The lowest BCUT2D eigenvalue weighted by Gasteiger charge is -2.37. The molecule has 4 rings (SSSR count). The summed E-state index contributed by atoms with van der Waals surface area (Å²) < 4.78 is 1.24. The van der Waals surface area contributed by atoms with Crippen LogP contribution in [-0.2, 0) is 4.79 Å². The zero-order chi connectivity index (χ0) is 18.6. The van der Waals surface area contributed by atoms with Crippen LogP contribution < -0.4 is 4.90 Å². The van der Waals surface area contributed by atoms with Crippen LogP contribution in [-0.4, -0.2) is 91.0 Å². The van der Waals surface area contributed by atoms with Gasteiger partial charge in [0.25, 0.3) is 0 Å². The highest BCUT2D eigenvalue weighted by Crippen LogP contribution is 2.29. The van der Waals surface area contributed by atoms with Gasteiger partial charge in [-0.2, -0.15) is 0 Å². The molecular weight excluding hydrogens is 358 g/mol. The lowest BCUT2D eigenvalue weighted by atomic mass is 10.2. The Morgan fingerprint density at radius 3 is 2.41 bits per heavy atom. The Morgan fingerprint density at radius 2 is 1.70 bits per heavy atom.